The Balaban J connectivity index is 1.78. The minimum absolute atomic E-state index is 0.0486. The third-order valence-electron chi connectivity index (χ3n) is 5.69. The van der Waals surface area contributed by atoms with Crippen LogP contribution in [0.3, 0.4) is 0 Å². The molecule has 0 spiro atoms. The second-order valence-corrected chi connectivity index (χ2v) is 7.35. The van der Waals surface area contributed by atoms with Gasteiger partial charge in [0, 0.05) is 5.39 Å². The van der Waals surface area contributed by atoms with Crippen LogP contribution in [0.25, 0.3) is 10.8 Å². The van der Waals surface area contributed by atoms with E-state index in [1.807, 2.05) is 18.2 Å². The molecule has 3 rings (SSSR count). The molecule has 0 radical (unpaired) electrons. The first-order valence-electron chi connectivity index (χ1n) is 9.54. The number of hydrogen-bond donors (Lipinski definition) is 0. The van der Waals surface area contributed by atoms with Gasteiger partial charge in [0.2, 0.25) is 0 Å². The van der Waals surface area contributed by atoms with Crippen molar-refractivity contribution in [3.05, 3.63) is 59.9 Å². The van der Waals surface area contributed by atoms with E-state index in [4.69, 9.17) is 0 Å². The van der Waals surface area contributed by atoms with E-state index in [1.54, 1.807) is 0 Å². The summed E-state index contributed by atoms with van der Waals surface area (Å²) in [6, 6.07) is 10.4. The minimum atomic E-state index is -0.0486. The Morgan fingerprint density at radius 1 is 1.12 bits per heavy atom. The van der Waals surface area contributed by atoms with Crippen LogP contribution in [0.15, 0.2) is 43.0 Å². The Hall–Kier alpha value is -1.63. The molecule has 24 heavy (non-hydrogen) atoms. The summed E-state index contributed by atoms with van der Waals surface area (Å²) in [6.45, 7) is 6.01. The molecular weight excluding hydrogens is 295 g/mol. The van der Waals surface area contributed by atoms with E-state index in [0.29, 0.717) is 5.92 Å². The van der Waals surface area contributed by atoms with E-state index < -0.39 is 0 Å². The summed E-state index contributed by atoms with van der Waals surface area (Å²) < 4.78 is 14.7. The highest BCUT2D eigenvalue weighted by Crippen LogP contribution is 2.38. The van der Waals surface area contributed by atoms with E-state index in [1.165, 1.54) is 44.1 Å². The number of aryl methyl sites for hydroxylation is 1. The Morgan fingerprint density at radius 2 is 1.92 bits per heavy atom. The van der Waals surface area contributed by atoms with Crippen LogP contribution in [0.4, 0.5) is 4.39 Å². The molecule has 128 valence electrons. The van der Waals surface area contributed by atoms with Crippen LogP contribution in [-0.2, 0) is 6.42 Å². The van der Waals surface area contributed by atoms with E-state index >= 15 is 0 Å². The number of fused-ring (bicyclic) bond motifs is 1. The lowest BCUT2D eigenvalue weighted by Crippen LogP contribution is -2.13. The van der Waals surface area contributed by atoms with Gasteiger partial charge in [-0.3, -0.25) is 0 Å². The maximum Gasteiger partial charge on any atom is 0.134 e. The van der Waals surface area contributed by atoms with E-state index in [9.17, 15) is 4.39 Å². The number of benzene rings is 2. The van der Waals surface area contributed by atoms with Gasteiger partial charge in [-0.15, -0.1) is 6.58 Å². The fourth-order valence-corrected chi connectivity index (χ4v) is 4.25. The van der Waals surface area contributed by atoms with Gasteiger partial charge < -0.3 is 0 Å². The summed E-state index contributed by atoms with van der Waals surface area (Å²) in [5, 5.41) is 1.81. The number of rotatable bonds is 6. The molecule has 2 aromatic carbocycles. The molecule has 1 aliphatic carbocycles. The normalized spacial score (nSPS) is 21.1. The predicted molar refractivity (Wildman–Crippen MR) is 102 cm³/mol. The smallest absolute Gasteiger partial charge is 0.134 e. The zero-order valence-electron chi connectivity index (χ0n) is 14.9. The average Bonchev–Trinajstić information content (AvgIpc) is 2.62. The molecule has 0 atom stereocenters. The zero-order chi connectivity index (χ0) is 16.9. The summed E-state index contributed by atoms with van der Waals surface area (Å²) in [5.41, 5.74) is 2.20. The first-order chi connectivity index (χ1) is 11.7. The van der Waals surface area contributed by atoms with Crippen LogP contribution in [0.2, 0.25) is 0 Å². The molecule has 0 heterocycles. The summed E-state index contributed by atoms with van der Waals surface area (Å²) in [4.78, 5) is 0. The van der Waals surface area contributed by atoms with Crippen molar-refractivity contribution in [3.8, 4) is 0 Å². The van der Waals surface area contributed by atoms with Crippen LogP contribution in [0.1, 0.15) is 68.9 Å². The van der Waals surface area contributed by atoms with Gasteiger partial charge in [0.05, 0.1) is 0 Å². The maximum absolute atomic E-state index is 14.7. The molecule has 0 aliphatic heterocycles. The molecule has 0 nitrogen and oxygen atoms in total. The molecule has 0 N–H and O–H groups in total. The van der Waals surface area contributed by atoms with Gasteiger partial charge in [0.25, 0.3) is 0 Å². The number of halogens is 1. The van der Waals surface area contributed by atoms with Crippen LogP contribution >= 0.6 is 0 Å². The lowest BCUT2D eigenvalue weighted by atomic mass is 9.77. The highest BCUT2D eigenvalue weighted by atomic mass is 19.1. The summed E-state index contributed by atoms with van der Waals surface area (Å²) in [7, 11) is 0. The van der Waals surface area contributed by atoms with Crippen molar-refractivity contribution >= 4 is 10.8 Å². The van der Waals surface area contributed by atoms with Crippen LogP contribution < -0.4 is 0 Å². The van der Waals surface area contributed by atoms with Crippen molar-refractivity contribution in [2.45, 2.75) is 64.2 Å². The monoisotopic (exact) mass is 324 g/mol. The topological polar surface area (TPSA) is 0 Å². The Bertz CT molecular complexity index is 692. The van der Waals surface area contributed by atoms with Crippen molar-refractivity contribution in [2.24, 2.45) is 5.92 Å². The van der Waals surface area contributed by atoms with Crippen molar-refractivity contribution < 1.29 is 4.39 Å². The molecular formula is C23H29F. The molecule has 1 heteroatoms. The molecule has 0 saturated heterocycles. The van der Waals surface area contributed by atoms with Gasteiger partial charge in [-0.05, 0) is 66.9 Å². The third-order valence-corrected chi connectivity index (χ3v) is 5.69. The SMILES string of the molecule is C=CCCc1ccc2cc(C3CCC(CCC)CC3)ccc2c1F. The van der Waals surface area contributed by atoms with Crippen molar-refractivity contribution in [1.29, 1.82) is 0 Å². The third kappa shape index (κ3) is 3.71. The van der Waals surface area contributed by atoms with Crippen LogP contribution in [0, 0.1) is 11.7 Å². The average molecular weight is 324 g/mol. The first kappa shape index (κ1) is 17.2. The molecule has 1 saturated carbocycles. The van der Waals surface area contributed by atoms with E-state index in [-0.39, 0.29) is 5.82 Å². The number of hydrogen-bond acceptors (Lipinski definition) is 0. The highest BCUT2D eigenvalue weighted by molar-refractivity contribution is 5.84. The Morgan fingerprint density at radius 3 is 2.62 bits per heavy atom. The van der Waals surface area contributed by atoms with Crippen molar-refractivity contribution in [3.63, 3.8) is 0 Å². The molecule has 1 aliphatic rings. The Labute approximate surface area is 145 Å². The van der Waals surface area contributed by atoms with Gasteiger partial charge in [0.1, 0.15) is 5.82 Å². The minimum Gasteiger partial charge on any atom is -0.206 e. The predicted octanol–water partition coefficient (Wildman–Crippen LogP) is 7.17. The zero-order valence-corrected chi connectivity index (χ0v) is 14.9. The molecule has 0 aromatic heterocycles. The van der Waals surface area contributed by atoms with Crippen molar-refractivity contribution in [1.82, 2.24) is 0 Å². The second-order valence-electron chi connectivity index (χ2n) is 7.35. The maximum atomic E-state index is 14.7. The van der Waals surface area contributed by atoms with E-state index in [2.05, 4.69) is 31.7 Å². The second kappa shape index (κ2) is 7.96. The largest absolute Gasteiger partial charge is 0.206 e. The summed E-state index contributed by atoms with van der Waals surface area (Å²) >= 11 is 0. The summed E-state index contributed by atoms with van der Waals surface area (Å²) in [6.07, 6.45) is 11.4. The highest BCUT2D eigenvalue weighted by Gasteiger charge is 2.22. The quantitative estimate of drug-likeness (QED) is 0.494. The molecule has 1 fully saturated rings. The fraction of sp³-hybridized carbons (Fsp3) is 0.478. The van der Waals surface area contributed by atoms with Gasteiger partial charge in [0.15, 0.2) is 0 Å². The fourth-order valence-electron chi connectivity index (χ4n) is 4.25. The number of allylic oxidation sites excluding steroid dienone is 1. The lowest BCUT2D eigenvalue weighted by Gasteiger charge is -2.28. The molecule has 0 unspecified atom stereocenters. The van der Waals surface area contributed by atoms with Gasteiger partial charge in [-0.2, -0.15) is 0 Å². The van der Waals surface area contributed by atoms with Gasteiger partial charge in [-0.1, -0.05) is 56.2 Å². The van der Waals surface area contributed by atoms with Gasteiger partial charge in [-0.25, -0.2) is 4.39 Å². The van der Waals surface area contributed by atoms with Crippen LogP contribution in [0.5, 0.6) is 0 Å². The molecule has 0 bridgehead atoms. The lowest BCUT2D eigenvalue weighted by molar-refractivity contribution is 0.308. The first-order valence-corrected chi connectivity index (χ1v) is 9.54. The summed E-state index contributed by atoms with van der Waals surface area (Å²) in [5.74, 6) is 1.54. The van der Waals surface area contributed by atoms with Gasteiger partial charge >= 0.3 is 0 Å². The standard InChI is InChI=1S/C23H29F/c1-3-5-7-19-12-13-21-16-20(14-15-22(21)23(19)24)18-10-8-17(6-4-2)9-11-18/h3,12-18H,1,4-11H2,2H3. The molecule has 2 aromatic rings. The van der Waals surface area contributed by atoms with Crippen LogP contribution in [-0.4, -0.2) is 0 Å². The Kier molecular flexibility index (Phi) is 5.71. The van der Waals surface area contributed by atoms with E-state index in [0.717, 1.165) is 35.1 Å². The van der Waals surface area contributed by atoms with Crippen molar-refractivity contribution in [2.75, 3.05) is 0 Å². The molecule has 0 amide bonds.